The van der Waals surface area contributed by atoms with E-state index in [1.165, 1.54) is 51.7 Å². The van der Waals surface area contributed by atoms with Gasteiger partial charge in [0.2, 0.25) is 15.7 Å². The van der Waals surface area contributed by atoms with E-state index in [4.69, 9.17) is 4.43 Å². The average Bonchev–Trinajstić information content (AvgIpc) is 2.50. The summed E-state index contributed by atoms with van der Waals surface area (Å²) in [6.07, 6.45) is 10.0. The van der Waals surface area contributed by atoms with Crippen molar-refractivity contribution in [1.82, 2.24) is 5.32 Å². The third kappa shape index (κ3) is 15.3. The summed E-state index contributed by atoms with van der Waals surface area (Å²) in [6, 6.07) is 1.19. The number of methoxy groups -OCH3 is 1. The van der Waals surface area contributed by atoms with Gasteiger partial charge >= 0.3 is 5.97 Å². The molecule has 21 heavy (non-hydrogen) atoms. The molecule has 0 aromatic rings. The van der Waals surface area contributed by atoms with Crippen LogP contribution in [0.2, 0.25) is 6.04 Å². The summed E-state index contributed by atoms with van der Waals surface area (Å²) < 4.78 is 9.49. The summed E-state index contributed by atoms with van der Waals surface area (Å²) >= 11 is 0. The fourth-order valence-corrected chi connectivity index (χ4v) is 2.58. The van der Waals surface area contributed by atoms with E-state index in [-0.39, 0.29) is 12.5 Å². The minimum Gasteiger partial charge on any atom is -0.468 e. The normalized spacial score (nSPS) is 10.4. The summed E-state index contributed by atoms with van der Waals surface area (Å²) in [5.74, 6) is -0.478. The number of hydrogen-bond acceptors (Lipinski definition) is 4. The lowest BCUT2D eigenvalue weighted by atomic mass is 10.1. The largest absolute Gasteiger partial charge is 0.468 e. The van der Waals surface area contributed by atoms with Crippen molar-refractivity contribution >= 4 is 21.6 Å². The first-order valence-electron chi connectivity index (χ1n) is 7.80. The third-order valence-electron chi connectivity index (χ3n) is 3.23. The van der Waals surface area contributed by atoms with Gasteiger partial charge in [0.1, 0.15) is 6.54 Å². The molecule has 2 radical (unpaired) electrons. The molecule has 122 valence electrons. The van der Waals surface area contributed by atoms with Crippen LogP contribution in [0.15, 0.2) is 0 Å². The number of amides is 1. The fourth-order valence-electron chi connectivity index (χ4n) is 1.98. The van der Waals surface area contributed by atoms with Crippen LogP contribution >= 0.6 is 0 Å². The van der Waals surface area contributed by atoms with Gasteiger partial charge in [0, 0.05) is 13.5 Å². The van der Waals surface area contributed by atoms with Crippen LogP contribution in [0.1, 0.15) is 57.8 Å². The summed E-state index contributed by atoms with van der Waals surface area (Å²) in [5, 5.41) is 2.55. The van der Waals surface area contributed by atoms with Gasteiger partial charge in [-0.25, -0.2) is 0 Å². The molecule has 0 atom stereocenters. The molecule has 0 unspecified atom stereocenters. The number of rotatable bonds is 14. The van der Waals surface area contributed by atoms with Crippen LogP contribution in [0, 0.1) is 0 Å². The molecule has 1 amide bonds. The van der Waals surface area contributed by atoms with E-state index in [2.05, 4.69) is 10.1 Å². The zero-order valence-electron chi connectivity index (χ0n) is 13.4. The van der Waals surface area contributed by atoms with Gasteiger partial charge in [-0.1, -0.05) is 44.9 Å². The highest BCUT2D eigenvalue weighted by molar-refractivity contribution is 6.26. The molecule has 0 heterocycles. The lowest BCUT2D eigenvalue weighted by Gasteiger charge is -2.04. The standard InChI is InChI=1S/C15H29NO4Si/c1-19-15(18)13-16-14(17)11-9-7-5-3-4-6-8-10-12-21-20-2/h3-13H2,1-2H3,(H,16,17). The molecular formula is C15H29NO4Si. The minimum atomic E-state index is -0.408. The fraction of sp³-hybridized carbons (Fsp3) is 0.867. The maximum atomic E-state index is 11.4. The predicted molar refractivity (Wildman–Crippen MR) is 84.1 cm³/mol. The molecule has 1 N–H and O–H groups in total. The van der Waals surface area contributed by atoms with Crippen molar-refractivity contribution < 1.29 is 18.8 Å². The number of hydrogen-bond donors (Lipinski definition) is 1. The Bertz CT molecular complexity index is 274. The second kappa shape index (κ2) is 15.5. The number of unbranched alkanes of at least 4 members (excludes halogenated alkanes) is 7. The summed E-state index contributed by atoms with van der Waals surface area (Å²) in [5.41, 5.74) is 0. The molecular weight excluding hydrogens is 286 g/mol. The Morgan fingerprint density at radius 1 is 0.905 bits per heavy atom. The molecule has 0 aliphatic heterocycles. The van der Waals surface area contributed by atoms with Crippen molar-refractivity contribution in [3.05, 3.63) is 0 Å². The quantitative estimate of drug-likeness (QED) is 0.304. The second-order valence-electron chi connectivity index (χ2n) is 5.03. The molecule has 0 saturated heterocycles. The van der Waals surface area contributed by atoms with E-state index in [0.717, 1.165) is 12.8 Å². The Balaban J connectivity index is 3.18. The van der Waals surface area contributed by atoms with Gasteiger partial charge in [-0.15, -0.1) is 0 Å². The van der Waals surface area contributed by atoms with E-state index in [9.17, 15) is 9.59 Å². The molecule has 0 rings (SSSR count). The van der Waals surface area contributed by atoms with E-state index < -0.39 is 5.97 Å². The minimum absolute atomic E-state index is 0.0288. The van der Waals surface area contributed by atoms with Crippen molar-refractivity contribution in [1.29, 1.82) is 0 Å². The van der Waals surface area contributed by atoms with Gasteiger partial charge in [0.05, 0.1) is 7.11 Å². The molecule has 6 heteroatoms. The molecule has 0 saturated carbocycles. The predicted octanol–water partition coefficient (Wildman–Crippen LogP) is 2.47. The van der Waals surface area contributed by atoms with Gasteiger partial charge in [0.15, 0.2) is 0 Å². The monoisotopic (exact) mass is 315 g/mol. The maximum Gasteiger partial charge on any atom is 0.325 e. The molecule has 0 aromatic heterocycles. The van der Waals surface area contributed by atoms with Gasteiger partial charge in [0.25, 0.3) is 0 Å². The van der Waals surface area contributed by atoms with Gasteiger partial charge < -0.3 is 14.5 Å². The molecule has 0 aliphatic rings. The lowest BCUT2D eigenvalue weighted by Crippen LogP contribution is -2.29. The van der Waals surface area contributed by atoms with Crippen LogP contribution in [0.3, 0.4) is 0 Å². The van der Waals surface area contributed by atoms with Crippen molar-refractivity contribution in [3.63, 3.8) is 0 Å². The van der Waals surface area contributed by atoms with Crippen LogP contribution in [-0.2, 0) is 18.8 Å². The van der Waals surface area contributed by atoms with Crippen LogP contribution in [-0.4, -0.2) is 42.4 Å². The van der Waals surface area contributed by atoms with Crippen LogP contribution < -0.4 is 5.32 Å². The average molecular weight is 315 g/mol. The lowest BCUT2D eigenvalue weighted by molar-refractivity contribution is -0.141. The summed E-state index contributed by atoms with van der Waals surface area (Å²) in [6.45, 7) is -0.0288. The first-order valence-corrected chi connectivity index (χ1v) is 8.91. The van der Waals surface area contributed by atoms with E-state index >= 15 is 0 Å². The summed E-state index contributed by atoms with van der Waals surface area (Å²) in [4.78, 5) is 22.2. The smallest absolute Gasteiger partial charge is 0.325 e. The SMILES string of the molecule is CO[Si]CCCCCCCCCCC(=O)NCC(=O)OC. The zero-order valence-corrected chi connectivity index (χ0v) is 14.4. The Morgan fingerprint density at radius 2 is 1.48 bits per heavy atom. The first kappa shape index (κ1) is 20.1. The zero-order chi connectivity index (χ0) is 15.8. The van der Waals surface area contributed by atoms with Gasteiger partial charge in [-0.3, -0.25) is 9.59 Å². The van der Waals surface area contributed by atoms with Gasteiger partial charge in [-0.05, 0) is 12.5 Å². The van der Waals surface area contributed by atoms with Crippen molar-refractivity contribution in [2.75, 3.05) is 20.8 Å². The Labute approximate surface area is 131 Å². The molecule has 5 nitrogen and oxygen atoms in total. The highest BCUT2D eigenvalue weighted by Crippen LogP contribution is 2.10. The number of esters is 1. The second-order valence-corrected chi connectivity index (χ2v) is 6.23. The number of nitrogens with one attached hydrogen (secondary N) is 1. The number of carbonyl (C=O) groups is 2. The molecule has 0 bridgehead atoms. The number of ether oxygens (including phenoxy) is 1. The topological polar surface area (TPSA) is 64.6 Å². The molecule has 0 spiro atoms. The van der Waals surface area contributed by atoms with Crippen molar-refractivity contribution in [2.24, 2.45) is 0 Å². The van der Waals surface area contributed by atoms with E-state index in [0.29, 0.717) is 16.2 Å². The highest BCUT2D eigenvalue weighted by atomic mass is 28.2. The van der Waals surface area contributed by atoms with Crippen LogP contribution in [0.25, 0.3) is 0 Å². The Morgan fingerprint density at radius 3 is 2.05 bits per heavy atom. The van der Waals surface area contributed by atoms with Crippen LogP contribution in [0.5, 0.6) is 0 Å². The molecule has 0 aromatic carbocycles. The number of carbonyl (C=O) groups excluding carboxylic acids is 2. The Hall–Kier alpha value is -0.883. The Kier molecular flexibility index (Phi) is 14.9. The van der Waals surface area contributed by atoms with E-state index in [1.807, 2.05) is 0 Å². The highest BCUT2D eigenvalue weighted by Gasteiger charge is 2.04. The van der Waals surface area contributed by atoms with Gasteiger partial charge in [-0.2, -0.15) is 0 Å². The van der Waals surface area contributed by atoms with E-state index in [1.54, 1.807) is 7.11 Å². The molecule has 0 fully saturated rings. The van der Waals surface area contributed by atoms with Crippen molar-refractivity contribution in [3.8, 4) is 0 Å². The first-order chi connectivity index (χ1) is 10.2. The van der Waals surface area contributed by atoms with Crippen LogP contribution in [0.4, 0.5) is 0 Å². The molecule has 0 aliphatic carbocycles. The maximum absolute atomic E-state index is 11.4. The van der Waals surface area contributed by atoms with Crippen molar-refractivity contribution in [2.45, 2.75) is 63.8 Å². The third-order valence-corrected chi connectivity index (χ3v) is 4.08. The summed E-state index contributed by atoms with van der Waals surface area (Å²) in [7, 11) is 3.73.